The molecule has 0 aliphatic carbocycles. The molecular weight excluding hydrogens is 171 g/mol. The summed E-state index contributed by atoms with van der Waals surface area (Å²) in [5.41, 5.74) is 1.14. The highest BCUT2D eigenvalue weighted by atomic mass is 19.1. The maximum absolute atomic E-state index is 13.4. The molecule has 0 aromatic heterocycles. The summed E-state index contributed by atoms with van der Waals surface area (Å²) in [6.45, 7) is 3.35. The van der Waals surface area contributed by atoms with E-state index in [-0.39, 0.29) is 11.3 Å². The molecule has 0 heterocycles. The minimum atomic E-state index is -0.811. The molecule has 1 aromatic rings. The van der Waals surface area contributed by atoms with Crippen molar-refractivity contribution in [3.05, 3.63) is 29.1 Å². The number of aliphatic hydroxyl groups excluding tert-OH is 1. The van der Waals surface area contributed by atoms with Gasteiger partial charge in [0.05, 0.1) is 13.2 Å². The quantitative estimate of drug-likeness (QED) is 0.763. The molecule has 72 valence electrons. The third kappa shape index (κ3) is 1.98. The fraction of sp³-hybridized carbons (Fsp3) is 0.400. The van der Waals surface area contributed by atoms with Crippen molar-refractivity contribution < 1.29 is 14.2 Å². The summed E-state index contributed by atoms with van der Waals surface area (Å²) in [6.07, 6.45) is -0.811. The largest absolute Gasteiger partial charge is 0.494 e. The van der Waals surface area contributed by atoms with E-state index in [9.17, 15) is 9.50 Å². The lowest BCUT2D eigenvalue weighted by Gasteiger charge is -2.10. The molecular formula is C10H13FO2. The zero-order valence-electron chi connectivity index (χ0n) is 7.97. The molecule has 0 fully saturated rings. The number of hydrogen-bond acceptors (Lipinski definition) is 2. The first-order valence-corrected chi connectivity index (χ1v) is 4.08. The van der Waals surface area contributed by atoms with Crippen molar-refractivity contribution in [3.8, 4) is 5.75 Å². The summed E-state index contributed by atoms with van der Waals surface area (Å²) in [5.74, 6) is -0.306. The monoisotopic (exact) mass is 184 g/mol. The van der Waals surface area contributed by atoms with Crippen LogP contribution < -0.4 is 4.74 Å². The van der Waals surface area contributed by atoms with Gasteiger partial charge in [0.2, 0.25) is 0 Å². The van der Waals surface area contributed by atoms with Crippen molar-refractivity contribution in [1.29, 1.82) is 0 Å². The Kier molecular flexibility index (Phi) is 2.88. The van der Waals surface area contributed by atoms with E-state index in [2.05, 4.69) is 0 Å². The summed E-state index contributed by atoms with van der Waals surface area (Å²) in [6, 6.07) is 3.21. The van der Waals surface area contributed by atoms with Crippen molar-refractivity contribution in [1.82, 2.24) is 0 Å². The van der Waals surface area contributed by atoms with E-state index < -0.39 is 11.9 Å². The maximum atomic E-state index is 13.4. The fourth-order valence-electron chi connectivity index (χ4n) is 1.22. The summed E-state index contributed by atoms with van der Waals surface area (Å²) in [5, 5.41) is 9.25. The highest BCUT2D eigenvalue weighted by molar-refractivity contribution is 5.36. The molecule has 0 amide bonds. The molecule has 0 radical (unpaired) electrons. The van der Waals surface area contributed by atoms with E-state index in [1.54, 1.807) is 12.1 Å². The van der Waals surface area contributed by atoms with E-state index in [1.807, 2.05) is 6.92 Å². The van der Waals surface area contributed by atoms with E-state index >= 15 is 0 Å². The molecule has 13 heavy (non-hydrogen) atoms. The Bertz CT molecular complexity index is 308. The molecule has 0 aliphatic heterocycles. The number of rotatable bonds is 2. The van der Waals surface area contributed by atoms with Crippen molar-refractivity contribution in [3.63, 3.8) is 0 Å². The summed E-state index contributed by atoms with van der Waals surface area (Å²) in [7, 11) is 1.41. The van der Waals surface area contributed by atoms with Crippen LogP contribution in [0.4, 0.5) is 4.39 Å². The van der Waals surface area contributed by atoms with Crippen LogP contribution in [-0.2, 0) is 0 Å². The zero-order chi connectivity index (χ0) is 10.0. The van der Waals surface area contributed by atoms with E-state index in [0.29, 0.717) is 0 Å². The van der Waals surface area contributed by atoms with Gasteiger partial charge < -0.3 is 9.84 Å². The minimum absolute atomic E-state index is 0.177. The molecule has 1 aromatic carbocycles. The van der Waals surface area contributed by atoms with Crippen LogP contribution in [-0.4, -0.2) is 12.2 Å². The van der Waals surface area contributed by atoms with Crippen LogP contribution in [0.1, 0.15) is 24.2 Å². The van der Waals surface area contributed by atoms with Crippen LogP contribution in [0, 0.1) is 12.7 Å². The van der Waals surface area contributed by atoms with Gasteiger partial charge in [-0.3, -0.25) is 0 Å². The first-order valence-electron chi connectivity index (χ1n) is 4.08. The summed E-state index contributed by atoms with van der Waals surface area (Å²) >= 11 is 0. The van der Waals surface area contributed by atoms with Crippen LogP contribution in [0.2, 0.25) is 0 Å². The van der Waals surface area contributed by atoms with Crippen molar-refractivity contribution in [2.24, 2.45) is 0 Å². The Hall–Kier alpha value is -1.09. The van der Waals surface area contributed by atoms with E-state index in [0.717, 1.165) is 5.56 Å². The van der Waals surface area contributed by atoms with E-state index in [1.165, 1.54) is 14.0 Å². The fourth-order valence-corrected chi connectivity index (χ4v) is 1.22. The van der Waals surface area contributed by atoms with Crippen LogP contribution in [0.25, 0.3) is 0 Å². The molecule has 0 aliphatic rings. The topological polar surface area (TPSA) is 29.5 Å². The van der Waals surface area contributed by atoms with Crippen LogP contribution in [0.15, 0.2) is 12.1 Å². The lowest BCUT2D eigenvalue weighted by atomic mass is 10.1. The van der Waals surface area contributed by atoms with Gasteiger partial charge in [-0.2, -0.15) is 0 Å². The molecule has 1 atom stereocenters. The third-order valence-electron chi connectivity index (χ3n) is 1.88. The number of aryl methyl sites for hydroxylation is 1. The second kappa shape index (κ2) is 3.75. The summed E-state index contributed by atoms with van der Waals surface area (Å²) < 4.78 is 18.2. The average molecular weight is 184 g/mol. The Morgan fingerprint density at radius 1 is 1.46 bits per heavy atom. The van der Waals surface area contributed by atoms with Gasteiger partial charge in [-0.05, 0) is 25.5 Å². The van der Waals surface area contributed by atoms with Gasteiger partial charge in [0.15, 0.2) is 11.6 Å². The second-order valence-electron chi connectivity index (χ2n) is 3.05. The number of hydrogen-bond donors (Lipinski definition) is 1. The molecule has 0 spiro atoms. The smallest absolute Gasteiger partial charge is 0.170 e. The molecule has 0 saturated heterocycles. The van der Waals surface area contributed by atoms with Crippen molar-refractivity contribution in [2.75, 3.05) is 7.11 Å². The van der Waals surface area contributed by atoms with Crippen LogP contribution in [0.3, 0.4) is 0 Å². The van der Waals surface area contributed by atoms with Gasteiger partial charge >= 0.3 is 0 Å². The lowest BCUT2D eigenvalue weighted by molar-refractivity contribution is 0.192. The molecule has 2 nitrogen and oxygen atoms in total. The SMILES string of the molecule is COc1cc(C)cc(C(C)O)c1F. The highest BCUT2D eigenvalue weighted by Gasteiger charge is 2.13. The Morgan fingerprint density at radius 3 is 2.54 bits per heavy atom. The first kappa shape index (κ1) is 9.99. The Morgan fingerprint density at radius 2 is 2.08 bits per heavy atom. The van der Waals surface area contributed by atoms with Gasteiger partial charge in [0, 0.05) is 5.56 Å². The Labute approximate surface area is 77.0 Å². The van der Waals surface area contributed by atoms with Gasteiger partial charge in [-0.25, -0.2) is 4.39 Å². The normalized spacial score (nSPS) is 12.7. The molecule has 1 rings (SSSR count). The molecule has 0 bridgehead atoms. The standard InChI is InChI=1S/C10H13FO2/c1-6-4-8(7(2)12)10(11)9(5-6)13-3/h4-5,7,12H,1-3H3. The highest BCUT2D eigenvalue weighted by Crippen LogP contribution is 2.26. The van der Waals surface area contributed by atoms with Crippen LogP contribution in [0.5, 0.6) is 5.75 Å². The number of halogens is 1. The molecule has 3 heteroatoms. The van der Waals surface area contributed by atoms with Gasteiger partial charge in [0.1, 0.15) is 0 Å². The number of benzene rings is 1. The third-order valence-corrected chi connectivity index (χ3v) is 1.88. The predicted octanol–water partition coefficient (Wildman–Crippen LogP) is 2.20. The zero-order valence-corrected chi connectivity index (χ0v) is 7.97. The predicted molar refractivity (Wildman–Crippen MR) is 48.3 cm³/mol. The van der Waals surface area contributed by atoms with Gasteiger partial charge in [0.25, 0.3) is 0 Å². The second-order valence-corrected chi connectivity index (χ2v) is 3.05. The Balaban J connectivity index is 3.27. The van der Waals surface area contributed by atoms with Crippen LogP contribution >= 0.6 is 0 Å². The van der Waals surface area contributed by atoms with Gasteiger partial charge in [-0.15, -0.1) is 0 Å². The molecule has 1 N–H and O–H groups in total. The molecule has 0 saturated carbocycles. The van der Waals surface area contributed by atoms with Crippen molar-refractivity contribution >= 4 is 0 Å². The molecule has 1 unspecified atom stereocenters. The van der Waals surface area contributed by atoms with Crippen molar-refractivity contribution in [2.45, 2.75) is 20.0 Å². The number of methoxy groups -OCH3 is 1. The van der Waals surface area contributed by atoms with Gasteiger partial charge in [-0.1, -0.05) is 6.07 Å². The maximum Gasteiger partial charge on any atom is 0.170 e. The lowest BCUT2D eigenvalue weighted by Crippen LogP contribution is -1.99. The number of ether oxygens (including phenoxy) is 1. The van der Waals surface area contributed by atoms with E-state index in [4.69, 9.17) is 4.74 Å². The number of aliphatic hydroxyl groups is 1. The first-order chi connectivity index (χ1) is 6.06. The minimum Gasteiger partial charge on any atom is -0.494 e. The summed E-state index contributed by atoms with van der Waals surface area (Å²) in [4.78, 5) is 0. The average Bonchev–Trinajstić information content (AvgIpc) is 2.08.